The van der Waals surface area contributed by atoms with Crippen molar-refractivity contribution >= 4 is 11.7 Å². The number of likely N-dealkylation sites (tertiary alicyclic amines) is 1. The zero-order chi connectivity index (χ0) is 17.1. The molecule has 128 valence electrons. The molecular weight excluding hydrogens is 311 g/mol. The molecule has 1 unspecified atom stereocenters. The standard InChI is InChI=1S/C16H21FN6O/c1-3-12-5-4-8-22(10-12)16(24)18-13-6-7-14(17)15(9-13)23-11(2)19-20-21-23/h6-7,9,12H,3-5,8,10H2,1-2H3,(H,18,24). The van der Waals surface area contributed by atoms with Gasteiger partial charge in [-0.3, -0.25) is 0 Å². The molecule has 1 saturated heterocycles. The maximum atomic E-state index is 14.1. The van der Waals surface area contributed by atoms with Gasteiger partial charge in [0.2, 0.25) is 0 Å². The van der Waals surface area contributed by atoms with E-state index in [4.69, 9.17) is 0 Å². The predicted molar refractivity (Wildman–Crippen MR) is 87.5 cm³/mol. The highest BCUT2D eigenvalue weighted by molar-refractivity contribution is 5.89. The zero-order valence-electron chi connectivity index (χ0n) is 13.9. The van der Waals surface area contributed by atoms with Crippen LogP contribution in [0.2, 0.25) is 0 Å². The van der Waals surface area contributed by atoms with E-state index in [0.29, 0.717) is 17.4 Å². The number of hydrogen-bond acceptors (Lipinski definition) is 4. The molecule has 0 saturated carbocycles. The minimum absolute atomic E-state index is 0.154. The number of nitrogens with one attached hydrogen (secondary N) is 1. The van der Waals surface area contributed by atoms with Crippen molar-refractivity contribution in [3.63, 3.8) is 0 Å². The highest BCUT2D eigenvalue weighted by Crippen LogP contribution is 2.22. The number of anilines is 1. The van der Waals surface area contributed by atoms with Crippen LogP contribution >= 0.6 is 0 Å². The van der Waals surface area contributed by atoms with Gasteiger partial charge in [0.15, 0.2) is 5.82 Å². The van der Waals surface area contributed by atoms with Crippen molar-refractivity contribution in [3.8, 4) is 5.69 Å². The molecule has 0 radical (unpaired) electrons. The third-order valence-electron chi connectivity index (χ3n) is 4.43. The second-order valence-electron chi connectivity index (χ2n) is 6.10. The summed E-state index contributed by atoms with van der Waals surface area (Å²) in [7, 11) is 0. The maximum absolute atomic E-state index is 14.1. The van der Waals surface area contributed by atoms with E-state index in [-0.39, 0.29) is 11.7 Å². The lowest BCUT2D eigenvalue weighted by molar-refractivity contribution is 0.176. The molecule has 7 nitrogen and oxygen atoms in total. The summed E-state index contributed by atoms with van der Waals surface area (Å²) in [5.74, 6) is 0.573. The highest BCUT2D eigenvalue weighted by atomic mass is 19.1. The molecule has 2 heterocycles. The van der Waals surface area contributed by atoms with Crippen molar-refractivity contribution in [2.75, 3.05) is 18.4 Å². The van der Waals surface area contributed by atoms with E-state index in [2.05, 4.69) is 27.8 Å². The molecule has 24 heavy (non-hydrogen) atoms. The molecule has 0 aliphatic carbocycles. The molecule has 1 aliphatic heterocycles. The number of hydrogen-bond donors (Lipinski definition) is 1. The molecule has 1 aromatic carbocycles. The molecule has 0 bridgehead atoms. The Morgan fingerprint density at radius 3 is 3.00 bits per heavy atom. The smallest absolute Gasteiger partial charge is 0.321 e. The van der Waals surface area contributed by atoms with E-state index in [9.17, 15) is 9.18 Å². The molecule has 1 aliphatic rings. The van der Waals surface area contributed by atoms with E-state index < -0.39 is 5.82 Å². The summed E-state index contributed by atoms with van der Waals surface area (Å²) < 4.78 is 15.4. The number of urea groups is 1. The third-order valence-corrected chi connectivity index (χ3v) is 4.43. The Kier molecular flexibility index (Phi) is 4.73. The summed E-state index contributed by atoms with van der Waals surface area (Å²) in [6, 6.07) is 4.23. The van der Waals surface area contributed by atoms with E-state index in [1.165, 1.54) is 29.3 Å². The molecule has 2 amide bonds. The summed E-state index contributed by atoms with van der Waals surface area (Å²) in [6.07, 6.45) is 3.26. The maximum Gasteiger partial charge on any atom is 0.321 e. The van der Waals surface area contributed by atoms with Crippen LogP contribution in [0.15, 0.2) is 18.2 Å². The molecule has 3 rings (SSSR count). The third kappa shape index (κ3) is 3.37. The number of carbonyl (C=O) groups excluding carboxylic acids is 1. The topological polar surface area (TPSA) is 75.9 Å². The number of benzene rings is 1. The van der Waals surface area contributed by atoms with Crippen LogP contribution in [0.5, 0.6) is 0 Å². The molecule has 0 spiro atoms. The van der Waals surface area contributed by atoms with Gasteiger partial charge in [0, 0.05) is 18.8 Å². The Labute approximate surface area is 139 Å². The van der Waals surface area contributed by atoms with Crippen molar-refractivity contribution in [1.29, 1.82) is 0 Å². The van der Waals surface area contributed by atoms with Crippen LogP contribution in [0.1, 0.15) is 32.0 Å². The first-order chi connectivity index (χ1) is 11.6. The quantitative estimate of drug-likeness (QED) is 0.938. The molecule has 8 heteroatoms. The van der Waals surface area contributed by atoms with Gasteiger partial charge < -0.3 is 10.2 Å². The fourth-order valence-corrected chi connectivity index (χ4v) is 2.99. The van der Waals surface area contributed by atoms with Crippen LogP contribution in [-0.4, -0.2) is 44.2 Å². The lowest BCUT2D eigenvalue weighted by Gasteiger charge is -2.32. The van der Waals surface area contributed by atoms with Gasteiger partial charge in [0.1, 0.15) is 11.5 Å². The van der Waals surface area contributed by atoms with E-state index in [0.717, 1.165) is 25.9 Å². The Balaban J connectivity index is 1.76. The highest BCUT2D eigenvalue weighted by Gasteiger charge is 2.22. The van der Waals surface area contributed by atoms with Gasteiger partial charge in [0.25, 0.3) is 0 Å². The number of aryl methyl sites for hydroxylation is 1. The first-order valence-corrected chi connectivity index (χ1v) is 8.19. The number of aromatic nitrogens is 4. The molecule has 1 aromatic heterocycles. The zero-order valence-corrected chi connectivity index (χ0v) is 13.9. The second kappa shape index (κ2) is 6.94. The van der Waals surface area contributed by atoms with Gasteiger partial charge in [0.05, 0.1) is 0 Å². The minimum Gasteiger partial charge on any atom is -0.324 e. The fourth-order valence-electron chi connectivity index (χ4n) is 2.99. The second-order valence-corrected chi connectivity index (χ2v) is 6.10. The molecule has 1 fully saturated rings. The molecular formula is C16H21FN6O. The Bertz CT molecular complexity index is 731. The SMILES string of the molecule is CCC1CCCN(C(=O)Nc2ccc(F)c(-n3nnnc3C)c2)C1. The lowest BCUT2D eigenvalue weighted by atomic mass is 9.96. The normalized spacial score (nSPS) is 17.8. The van der Waals surface area contributed by atoms with Gasteiger partial charge in [-0.15, -0.1) is 5.10 Å². The largest absolute Gasteiger partial charge is 0.324 e. The summed E-state index contributed by atoms with van der Waals surface area (Å²) in [5, 5.41) is 13.9. The number of rotatable bonds is 3. The van der Waals surface area contributed by atoms with Gasteiger partial charge >= 0.3 is 6.03 Å². The van der Waals surface area contributed by atoms with Gasteiger partial charge in [-0.25, -0.2) is 9.18 Å². The molecule has 1 atom stereocenters. The van der Waals surface area contributed by atoms with Crippen molar-refractivity contribution < 1.29 is 9.18 Å². The molecule has 2 aromatic rings. The van der Waals surface area contributed by atoms with E-state index in [1.807, 2.05) is 4.90 Å². The van der Waals surface area contributed by atoms with Crippen LogP contribution in [0.25, 0.3) is 5.69 Å². The van der Waals surface area contributed by atoms with Crippen LogP contribution in [0.4, 0.5) is 14.9 Å². The minimum atomic E-state index is -0.451. The number of piperidine rings is 1. The number of amides is 2. The number of nitrogens with zero attached hydrogens (tertiary/aromatic N) is 5. The van der Waals surface area contributed by atoms with Crippen LogP contribution in [0.3, 0.4) is 0 Å². The summed E-state index contributed by atoms with van der Waals surface area (Å²) in [4.78, 5) is 14.3. The van der Waals surface area contributed by atoms with E-state index >= 15 is 0 Å². The van der Waals surface area contributed by atoms with Crippen LogP contribution < -0.4 is 5.32 Å². The Morgan fingerprint density at radius 2 is 2.29 bits per heavy atom. The summed E-state index contributed by atoms with van der Waals surface area (Å²) in [6.45, 7) is 5.35. The predicted octanol–water partition coefficient (Wildman–Crippen LogP) is 2.76. The van der Waals surface area contributed by atoms with Crippen LogP contribution in [-0.2, 0) is 0 Å². The summed E-state index contributed by atoms with van der Waals surface area (Å²) in [5.41, 5.74) is 0.727. The number of carbonyl (C=O) groups is 1. The van der Waals surface area contributed by atoms with Crippen molar-refractivity contribution in [2.45, 2.75) is 33.1 Å². The van der Waals surface area contributed by atoms with Gasteiger partial charge in [-0.05, 0) is 54.3 Å². The first-order valence-electron chi connectivity index (χ1n) is 8.19. The van der Waals surface area contributed by atoms with Crippen molar-refractivity contribution in [1.82, 2.24) is 25.1 Å². The van der Waals surface area contributed by atoms with Gasteiger partial charge in [-0.1, -0.05) is 13.3 Å². The molecule has 1 N–H and O–H groups in total. The Hall–Kier alpha value is -2.51. The summed E-state index contributed by atoms with van der Waals surface area (Å²) >= 11 is 0. The van der Waals surface area contributed by atoms with Crippen molar-refractivity contribution in [2.24, 2.45) is 5.92 Å². The first kappa shape index (κ1) is 16.4. The number of tetrazole rings is 1. The Morgan fingerprint density at radius 1 is 1.46 bits per heavy atom. The van der Waals surface area contributed by atoms with Crippen molar-refractivity contribution in [3.05, 3.63) is 29.8 Å². The number of halogens is 1. The monoisotopic (exact) mass is 332 g/mol. The van der Waals surface area contributed by atoms with Gasteiger partial charge in [-0.2, -0.15) is 4.68 Å². The fraction of sp³-hybridized carbons (Fsp3) is 0.500. The average molecular weight is 332 g/mol. The van der Waals surface area contributed by atoms with E-state index in [1.54, 1.807) is 6.92 Å². The average Bonchev–Trinajstić information content (AvgIpc) is 3.02. The lowest BCUT2D eigenvalue weighted by Crippen LogP contribution is -2.42. The van der Waals surface area contributed by atoms with Crippen LogP contribution in [0, 0.1) is 18.7 Å².